The third-order valence-corrected chi connectivity index (χ3v) is 3.45. The van der Waals surface area contributed by atoms with Crippen molar-refractivity contribution in [3.63, 3.8) is 0 Å². The van der Waals surface area contributed by atoms with E-state index in [4.69, 9.17) is 17.3 Å². The number of nitrogens with one attached hydrogen (secondary N) is 1. The zero-order valence-electron chi connectivity index (χ0n) is 11.7. The maximum absolute atomic E-state index is 12.2. The molecule has 0 heterocycles. The third kappa shape index (κ3) is 4.40. The molecule has 4 nitrogen and oxygen atoms in total. The summed E-state index contributed by atoms with van der Waals surface area (Å²) in [5.74, 6) is -0.0305. The van der Waals surface area contributed by atoms with Crippen LogP contribution >= 0.6 is 11.6 Å². The van der Waals surface area contributed by atoms with Gasteiger partial charge in [0.2, 0.25) is 5.91 Å². The number of hydrogen-bond acceptors (Lipinski definition) is 3. The van der Waals surface area contributed by atoms with Crippen molar-refractivity contribution in [3.05, 3.63) is 23.2 Å². The van der Waals surface area contributed by atoms with Gasteiger partial charge in [0.15, 0.2) is 0 Å². The van der Waals surface area contributed by atoms with Gasteiger partial charge in [-0.05, 0) is 44.6 Å². The van der Waals surface area contributed by atoms with E-state index < -0.39 is 0 Å². The van der Waals surface area contributed by atoms with Crippen LogP contribution in [0.5, 0.6) is 0 Å². The lowest BCUT2D eigenvalue weighted by Gasteiger charge is -2.26. The van der Waals surface area contributed by atoms with Gasteiger partial charge in [0, 0.05) is 5.69 Å². The number of likely N-dealkylation sites (N-methyl/N-ethyl adjacent to an activating group) is 1. The maximum Gasteiger partial charge on any atom is 0.241 e. The van der Waals surface area contributed by atoms with Crippen molar-refractivity contribution in [1.29, 1.82) is 0 Å². The average Bonchev–Trinajstić information content (AvgIpc) is 2.39. The Hall–Kier alpha value is -1.26. The lowest BCUT2D eigenvalue weighted by Crippen LogP contribution is -2.42. The quantitative estimate of drug-likeness (QED) is 0.789. The summed E-state index contributed by atoms with van der Waals surface area (Å²) in [4.78, 5) is 14.3. The molecule has 0 saturated heterocycles. The molecule has 106 valence electrons. The minimum Gasteiger partial charge on any atom is -0.397 e. The van der Waals surface area contributed by atoms with Crippen molar-refractivity contribution in [1.82, 2.24) is 4.90 Å². The van der Waals surface area contributed by atoms with Crippen LogP contribution in [-0.2, 0) is 4.79 Å². The highest BCUT2D eigenvalue weighted by Gasteiger charge is 2.19. The predicted octanol–water partition coefficient (Wildman–Crippen LogP) is 2.98. The second-order valence-electron chi connectivity index (χ2n) is 4.53. The lowest BCUT2D eigenvalue weighted by molar-refractivity contribution is -0.120. The number of nitrogen functional groups attached to an aromatic ring is 1. The first-order valence-corrected chi connectivity index (χ1v) is 6.97. The summed E-state index contributed by atoms with van der Waals surface area (Å²) < 4.78 is 0. The van der Waals surface area contributed by atoms with Gasteiger partial charge in [-0.25, -0.2) is 0 Å². The summed E-state index contributed by atoms with van der Waals surface area (Å²) in [6.45, 7) is 7.83. The first-order valence-electron chi connectivity index (χ1n) is 6.59. The minimum atomic E-state index is -0.165. The Morgan fingerprint density at radius 2 is 2.16 bits per heavy atom. The van der Waals surface area contributed by atoms with Crippen molar-refractivity contribution in [3.8, 4) is 0 Å². The van der Waals surface area contributed by atoms with Crippen LogP contribution in [0.25, 0.3) is 0 Å². The first kappa shape index (κ1) is 15.8. The molecule has 0 aliphatic rings. The molecular formula is C14H22ClN3O. The second kappa shape index (κ2) is 7.36. The van der Waals surface area contributed by atoms with Crippen molar-refractivity contribution in [2.45, 2.75) is 33.2 Å². The number of carbonyl (C=O) groups excluding carboxylic acids is 1. The fraction of sp³-hybridized carbons (Fsp3) is 0.500. The van der Waals surface area contributed by atoms with E-state index >= 15 is 0 Å². The Morgan fingerprint density at radius 1 is 1.47 bits per heavy atom. The summed E-state index contributed by atoms with van der Waals surface area (Å²) >= 11 is 5.85. The summed E-state index contributed by atoms with van der Waals surface area (Å²) in [6.07, 6.45) is 1.03. The number of rotatable bonds is 6. The fourth-order valence-corrected chi connectivity index (χ4v) is 2.06. The zero-order valence-corrected chi connectivity index (χ0v) is 12.5. The van der Waals surface area contributed by atoms with Gasteiger partial charge in [-0.15, -0.1) is 0 Å². The predicted molar refractivity (Wildman–Crippen MR) is 81.5 cm³/mol. The minimum absolute atomic E-state index is 0.0305. The Morgan fingerprint density at radius 3 is 2.68 bits per heavy atom. The van der Waals surface area contributed by atoms with Crippen molar-refractivity contribution in [2.75, 3.05) is 24.1 Å². The summed E-state index contributed by atoms with van der Waals surface area (Å²) in [5.41, 5.74) is 6.85. The van der Waals surface area contributed by atoms with Gasteiger partial charge in [-0.1, -0.05) is 25.4 Å². The van der Waals surface area contributed by atoms with Gasteiger partial charge in [-0.3, -0.25) is 9.69 Å². The Kier molecular flexibility index (Phi) is 6.12. The van der Waals surface area contributed by atoms with E-state index in [1.54, 1.807) is 18.2 Å². The highest BCUT2D eigenvalue weighted by molar-refractivity contribution is 6.33. The SMILES string of the molecule is CCCN(CC)C(C)C(=O)Nc1ccc(Cl)c(N)c1. The zero-order chi connectivity index (χ0) is 14.4. The van der Waals surface area contributed by atoms with Crippen LogP contribution in [-0.4, -0.2) is 29.9 Å². The van der Waals surface area contributed by atoms with Gasteiger partial charge >= 0.3 is 0 Å². The molecule has 0 aliphatic carbocycles. The molecule has 0 radical (unpaired) electrons. The monoisotopic (exact) mass is 283 g/mol. The number of nitrogens with two attached hydrogens (primary N) is 1. The van der Waals surface area contributed by atoms with E-state index in [1.165, 1.54) is 0 Å². The number of benzene rings is 1. The van der Waals surface area contributed by atoms with Gasteiger partial charge in [0.1, 0.15) is 0 Å². The molecular weight excluding hydrogens is 262 g/mol. The molecule has 0 aliphatic heterocycles. The van der Waals surface area contributed by atoms with Crippen molar-refractivity contribution in [2.24, 2.45) is 0 Å². The van der Waals surface area contributed by atoms with Crippen LogP contribution in [0.2, 0.25) is 5.02 Å². The largest absolute Gasteiger partial charge is 0.397 e. The summed E-state index contributed by atoms with van der Waals surface area (Å²) in [5, 5.41) is 3.36. The van der Waals surface area contributed by atoms with E-state index in [0.717, 1.165) is 19.5 Å². The van der Waals surface area contributed by atoms with Crippen molar-refractivity contribution >= 4 is 28.9 Å². The molecule has 1 aromatic carbocycles. The molecule has 1 amide bonds. The highest BCUT2D eigenvalue weighted by Crippen LogP contribution is 2.22. The smallest absolute Gasteiger partial charge is 0.241 e. The molecule has 19 heavy (non-hydrogen) atoms. The Labute approximate surface area is 119 Å². The van der Waals surface area contributed by atoms with Crippen LogP contribution in [0.1, 0.15) is 27.2 Å². The third-order valence-electron chi connectivity index (χ3n) is 3.11. The van der Waals surface area contributed by atoms with Crippen LogP contribution in [0.3, 0.4) is 0 Å². The van der Waals surface area contributed by atoms with E-state index in [-0.39, 0.29) is 11.9 Å². The molecule has 0 saturated carbocycles. The number of halogens is 1. The van der Waals surface area contributed by atoms with Gasteiger partial charge < -0.3 is 11.1 Å². The number of amides is 1. The van der Waals surface area contributed by atoms with E-state index in [0.29, 0.717) is 16.4 Å². The van der Waals surface area contributed by atoms with Gasteiger partial charge in [-0.2, -0.15) is 0 Å². The van der Waals surface area contributed by atoms with Crippen LogP contribution in [0, 0.1) is 0 Å². The van der Waals surface area contributed by atoms with E-state index in [1.807, 2.05) is 6.92 Å². The standard InChI is InChI=1S/C14H22ClN3O/c1-4-8-18(5-2)10(3)14(19)17-11-6-7-12(15)13(16)9-11/h6-7,9-10H,4-5,8,16H2,1-3H3,(H,17,19). The Bertz CT molecular complexity index is 437. The molecule has 1 unspecified atom stereocenters. The number of hydrogen-bond donors (Lipinski definition) is 2. The fourth-order valence-electron chi connectivity index (χ4n) is 1.95. The molecule has 5 heteroatoms. The molecule has 1 aromatic rings. The molecule has 0 aromatic heterocycles. The molecule has 0 bridgehead atoms. The molecule has 3 N–H and O–H groups in total. The molecule has 1 atom stereocenters. The van der Waals surface area contributed by atoms with Crippen LogP contribution in [0.4, 0.5) is 11.4 Å². The van der Waals surface area contributed by atoms with Gasteiger partial charge in [0.05, 0.1) is 16.8 Å². The van der Waals surface area contributed by atoms with Crippen LogP contribution in [0.15, 0.2) is 18.2 Å². The lowest BCUT2D eigenvalue weighted by atomic mass is 10.2. The molecule has 1 rings (SSSR count). The average molecular weight is 284 g/mol. The Balaban J connectivity index is 2.70. The molecule has 0 spiro atoms. The summed E-state index contributed by atoms with van der Waals surface area (Å²) in [6, 6.07) is 4.94. The maximum atomic E-state index is 12.2. The number of carbonyl (C=O) groups is 1. The second-order valence-corrected chi connectivity index (χ2v) is 4.94. The first-order chi connectivity index (χ1) is 8.99. The molecule has 0 fully saturated rings. The van der Waals surface area contributed by atoms with Gasteiger partial charge in [0.25, 0.3) is 0 Å². The normalized spacial score (nSPS) is 12.5. The van der Waals surface area contributed by atoms with Crippen molar-refractivity contribution < 1.29 is 4.79 Å². The highest BCUT2D eigenvalue weighted by atomic mass is 35.5. The summed E-state index contributed by atoms with van der Waals surface area (Å²) in [7, 11) is 0. The number of anilines is 2. The number of nitrogens with zero attached hydrogens (tertiary/aromatic N) is 1. The van der Waals surface area contributed by atoms with Crippen LogP contribution < -0.4 is 11.1 Å². The van der Waals surface area contributed by atoms with E-state index in [2.05, 4.69) is 24.1 Å². The topological polar surface area (TPSA) is 58.4 Å². The van der Waals surface area contributed by atoms with E-state index in [9.17, 15) is 4.79 Å².